The zero-order chi connectivity index (χ0) is 17.2. The number of aromatic nitrogens is 1. The van der Waals surface area contributed by atoms with E-state index in [1.165, 1.54) is 54.4 Å². The Kier molecular flexibility index (Phi) is 5.11. The van der Waals surface area contributed by atoms with E-state index in [-0.39, 0.29) is 12.0 Å². The lowest BCUT2D eigenvalue weighted by molar-refractivity contribution is 0.0483. The summed E-state index contributed by atoms with van der Waals surface area (Å²) in [6.07, 6.45) is 6.82. The van der Waals surface area contributed by atoms with Crippen LogP contribution in [-0.2, 0) is 0 Å². The van der Waals surface area contributed by atoms with Crippen molar-refractivity contribution in [2.24, 2.45) is 5.92 Å². The van der Waals surface area contributed by atoms with Crippen molar-refractivity contribution in [1.29, 1.82) is 0 Å². The van der Waals surface area contributed by atoms with Crippen LogP contribution >= 0.6 is 0 Å². The van der Waals surface area contributed by atoms with Crippen molar-refractivity contribution in [3.63, 3.8) is 0 Å². The predicted molar refractivity (Wildman–Crippen MR) is 103 cm³/mol. The Morgan fingerprint density at radius 2 is 2.04 bits per heavy atom. The number of nitrogens with one attached hydrogen (secondary N) is 2. The molecule has 4 nitrogen and oxygen atoms in total. The van der Waals surface area contributed by atoms with Crippen LogP contribution in [0.3, 0.4) is 0 Å². The van der Waals surface area contributed by atoms with E-state index in [0.29, 0.717) is 0 Å². The van der Waals surface area contributed by atoms with Crippen LogP contribution in [0.5, 0.6) is 0 Å². The number of aryl methyl sites for hydroxylation is 1. The quantitative estimate of drug-likeness (QED) is 0.801. The minimum Gasteiger partial charge on any atom is -0.391 e. The minimum absolute atomic E-state index is 0.255. The van der Waals surface area contributed by atoms with Crippen LogP contribution in [0.1, 0.15) is 42.7 Å². The molecule has 0 radical (unpaired) electrons. The number of fused-ring (bicyclic) bond motifs is 1. The van der Waals surface area contributed by atoms with Gasteiger partial charge in [-0.3, -0.25) is 0 Å². The van der Waals surface area contributed by atoms with Gasteiger partial charge in [-0.2, -0.15) is 0 Å². The Bertz CT molecular complexity index is 704. The highest BCUT2D eigenvalue weighted by Crippen LogP contribution is 2.34. The fraction of sp³-hybridized carbons (Fsp3) is 0.619. The van der Waals surface area contributed by atoms with Gasteiger partial charge in [-0.1, -0.05) is 18.2 Å². The summed E-state index contributed by atoms with van der Waals surface area (Å²) >= 11 is 0. The first-order valence-electron chi connectivity index (χ1n) is 9.90. The molecule has 4 heteroatoms. The standard InChI is InChI=1S/C21H31N3O/c1-15-3-2-4-18-19(13-23-21(15)18)17-8-12-24(14-20(17)25)11-7-16-5-9-22-10-6-16/h2-4,13,16-17,20,22-23,25H,5-12,14H2,1H3. The summed E-state index contributed by atoms with van der Waals surface area (Å²) in [6.45, 7) is 7.55. The Hall–Kier alpha value is -1.36. The molecule has 1 aromatic carbocycles. The van der Waals surface area contributed by atoms with Crippen molar-refractivity contribution in [3.8, 4) is 0 Å². The van der Waals surface area contributed by atoms with Crippen LogP contribution in [-0.4, -0.2) is 53.8 Å². The third kappa shape index (κ3) is 3.62. The van der Waals surface area contributed by atoms with Gasteiger partial charge >= 0.3 is 0 Å². The summed E-state index contributed by atoms with van der Waals surface area (Å²) in [7, 11) is 0. The van der Waals surface area contributed by atoms with Gasteiger partial charge in [0.05, 0.1) is 6.10 Å². The lowest BCUT2D eigenvalue weighted by Gasteiger charge is -2.37. The Balaban J connectivity index is 1.38. The summed E-state index contributed by atoms with van der Waals surface area (Å²) in [5.74, 6) is 1.12. The smallest absolute Gasteiger partial charge is 0.0736 e. The van der Waals surface area contributed by atoms with Gasteiger partial charge in [0.15, 0.2) is 0 Å². The summed E-state index contributed by atoms with van der Waals surface area (Å²) in [5, 5.41) is 15.5. The molecule has 4 rings (SSSR count). The van der Waals surface area contributed by atoms with Gasteiger partial charge in [0.2, 0.25) is 0 Å². The first-order valence-corrected chi connectivity index (χ1v) is 9.90. The molecule has 2 fully saturated rings. The molecule has 0 bridgehead atoms. The van der Waals surface area contributed by atoms with Gasteiger partial charge in [0.1, 0.15) is 0 Å². The molecule has 1 aromatic heterocycles. The molecule has 2 aromatic rings. The predicted octanol–water partition coefficient (Wildman–Crippen LogP) is 3.02. The molecule has 2 aliphatic heterocycles. The van der Waals surface area contributed by atoms with E-state index in [9.17, 15) is 5.11 Å². The van der Waals surface area contributed by atoms with Crippen LogP contribution in [0.4, 0.5) is 0 Å². The van der Waals surface area contributed by atoms with Crippen molar-refractivity contribution >= 4 is 10.9 Å². The Morgan fingerprint density at radius 1 is 1.20 bits per heavy atom. The van der Waals surface area contributed by atoms with Gasteiger partial charge in [0, 0.05) is 29.6 Å². The fourth-order valence-corrected chi connectivity index (χ4v) is 4.73. The number of aromatic amines is 1. The average Bonchev–Trinajstić information content (AvgIpc) is 3.06. The number of nitrogens with zero attached hydrogens (tertiary/aromatic N) is 1. The second-order valence-electron chi connectivity index (χ2n) is 7.99. The second kappa shape index (κ2) is 7.48. The average molecular weight is 341 g/mol. The van der Waals surface area contributed by atoms with Crippen molar-refractivity contribution in [2.45, 2.75) is 44.6 Å². The van der Waals surface area contributed by atoms with Crippen molar-refractivity contribution < 1.29 is 5.11 Å². The molecule has 3 N–H and O–H groups in total. The lowest BCUT2D eigenvalue weighted by Crippen LogP contribution is -2.43. The summed E-state index contributed by atoms with van der Waals surface area (Å²) in [5.41, 5.74) is 3.79. The van der Waals surface area contributed by atoms with Crippen molar-refractivity contribution in [2.75, 3.05) is 32.7 Å². The number of aliphatic hydroxyl groups excluding tert-OH is 1. The normalized spacial score (nSPS) is 26.3. The summed E-state index contributed by atoms with van der Waals surface area (Å²) < 4.78 is 0. The topological polar surface area (TPSA) is 51.3 Å². The number of piperidine rings is 2. The monoisotopic (exact) mass is 341 g/mol. The van der Waals surface area contributed by atoms with Gasteiger partial charge in [-0.25, -0.2) is 0 Å². The van der Waals surface area contributed by atoms with E-state index in [0.717, 1.165) is 32.0 Å². The molecular weight excluding hydrogens is 310 g/mol. The molecule has 0 amide bonds. The third-order valence-electron chi connectivity index (χ3n) is 6.33. The number of rotatable bonds is 4. The van der Waals surface area contributed by atoms with E-state index < -0.39 is 0 Å². The van der Waals surface area contributed by atoms with Gasteiger partial charge in [-0.05, 0) is 75.8 Å². The van der Waals surface area contributed by atoms with Gasteiger partial charge in [-0.15, -0.1) is 0 Å². The van der Waals surface area contributed by atoms with Gasteiger partial charge in [0.25, 0.3) is 0 Å². The SMILES string of the molecule is Cc1cccc2c(C3CCN(CCC4CCNCC4)CC3O)c[nH]c12. The Labute approximate surface area is 150 Å². The van der Waals surface area contributed by atoms with E-state index in [4.69, 9.17) is 0 Å². The molecule has 2 aliphatic rings. The van der Waals surface area contributed by atoms with Crippen LogP contribution in [0.2, 0.25) is 0 Å². The molecule has 2 unspecified atom stereocenters. The molecule has 3 heterocycles. The van der Waals surface area contributed by atoms with E-state index in [1.54, 1.807) is 0 Å². The maximum absolute atomic E-state index is 10.8. The highest BCUT2D eigenvalue weighted by atomic mass is 16.3. The number of para-hydroxylation sites is 1. The molecular formula is C21H31N3O. The van der Waals surface area contributed by atoms with E-state index in [2.05, 4.69) is 46.5 Å². The first kappa shape index (κ1) is 17.1. The van der Waals surface area contributed by atoms with Crippen molar-refractivity contribution in [1.82, 2.24) is 15.2 Å². The first-order chi connectivity index (χ1) is 12.2. The maximum Gasteiger partial charge on any atom is 0.0736 e. The molecule has 0 saturated carbocycles. The fourth-order valence-electron chi connectivity index (χ4n) is 4.73. The third-order valence-corrected chi connectivity index (χ3v) is 6.33. The number of hydrogen-bond donors (Lipinski definition) is 3. The molecule has 136 valence electrons. The highest BCUT2D eigenvalue weighted by Gasteiger charge is 2.30. The molecule has 25 heavy (non-hydrogen) atoms. The number of H-pyrrole nitrogens is 1. The summed E-state index contributed by atoms with van der Waals surface area (Å²) in [4.78, 5) is 5.90. The number of β-amino-alcohol motifs (C(OH)–C–C–N with tert-alkyl or cyclic N) is 1. The molecule has 0 spiro atoms. The Morgan fingerprint density at radius 3 is 2.84 bits per heavy atom. The van der Waals surface area contributed by atoms with Crippen LogP contribution < -0.4 is 5.32 Å². The highest BCUT2D eigenvalue weighted by molar-refractivity contribution is 5.86. The lowest BCUT2D eigenvalue weighted by atomic mass is 9.86. The summed E-state index contributed by atoms with van der Waals surface area (Å²) in [6, 6.07) is 6.45. The van der Waals surface area contributed by atoms with E-state index in [1.807, 2.05) is 0 Å². The van der Waals surface area contributed by atoms with Crippen LogP contribution in [0.15, 0.2) is 24.4 Å². The number of likely N-dealkylation sites (tertiary alicyclic amines) is 1. The minimum atomic E-state index is -0.263. The number of hydrogen-bond acceptors (Lipinski definition) is 3. The zero-order valence-corrected chi connectivity index (χ0v) is 15.3. The molecule has 2 atom stereocenters. The number of aliphatic hydroxyl groups is 1. The number of benzene rings is 1. The maximum atomic E-state index is 10.8. The molecule has 2 saturated heterocycles. The zero-order valence-electron chi connectivity index (χ0n) is 15.3. The largest absolute Gasteiger partial charge is 0.391 e. The van der Waals surface area contributed by atoms with Crippen LogP contribution in [0.25, 0.3) is 10.9 Å². The molecule has 0 aliphatic carbocycles. The van der Waals surface area contributed by atoms with Gasteiger partial charge < -0.3 is 20.3 Å². The van der Waals surface area contributed by atoms with Crippen molar-refractivity contribution in [3.05, 3.63) is 35.5 Å². The van der Waals surface area contributed by atoms with E-state index >= 15 is 0 Å². The van der Waals surface area contributed by atoms with Crippen LogP contribution in [0, 0.1) is 12.8 Å². The second-order valence-corrected chi connectivity index (χ2v) is 7.99.